The molecule has 2 aliphatic rings. The standard InChI is InChI=1S/C17H21BrN2/c18-14-5-6-17-16(9-14)13(10-19-17)8-15-2-1-7-20(15)11-12-3-4-12/h5-6,9-10,12,15,19H,1-4,7-8,11H2. The molecule has 106 valence electrons. The zero-order valence-corrected chi connectivity index (χ0v) is 13.3. The van der Waals surface area contributed by atoms with E-state index in [2.05, 4.69) is 50.2 Å². The molecule has 2 heterocycles. The molecule has 1 aromatic carbocycles. The molecule has 1 aliphatic carbocycles. The summed E-state index contributed by atoms with van der Waals surface area (Å²) in [6.45, 7) is 2.66. The Morgan fingerprint density at radius 3 is 3.00 bits per heavy atom. The lowest BCUT2D eigenvalue weighted by molar-refractivity contribution is 0.243. The quantitative estimate of drug-likeness (QED) is 0.881. The molecular weight excluding hydrogens is 312 g/mol. The van der Waals surface area contributed by atoms with E-state index in [9.17, 15) is 0 Å². The number of aromatic nitrogens is 1. The summed E-state index contributed by atoms with van der Waals surface area (Å²) in [5.74, 6) is 1.01. The van der Waals surface area contributed by atoms with Gasteiger partial charge in [-0.1, -0.05) is 15.9 Å². The molecule has 1 saturated carbocycles. The number of fused-ring (bicyclic) bond motifs is 1. The van der Waals surface area contributed by atoms with Gasteiger partial charge in [-0.05, 0) is 68.3 Å². The van der Waals surface area contributed by atoms with Crippen LogP contribution in [-0.4, -0.2) is 29.0 Å². The Morgan fingerprint density at radius 2 is 2.15 bits per heavy atom. The average Bonchev–Trinajstić information content (AvgIpc) is 3.02. The second-order valence-corrected chi connectivity index (χ2v) is 7.36. The van der Waals surface area contributed by atoms with Gasteiger partial charge in [0.25, 0.3) is 0 Å². The number of aromatic amines is 1. The van der Waals surface area contributed by atoms with E-state index in [4.69, 9.17) is 0 Å². The lowest BCUT2D eigenvalue weighted by Crippen LogP contribution is -2.32. The minimum absolute atomic E-state index is 0.758. The van der Waals surface area contributed by atoms with Crippen molar-refractivity contribution in [2.75, 3.05) is 13.1 Å². The molecule has 0 amide bonds. The van der Waals surface area contributed by atoms with E-state index in [1.807, 2.05) is 0 Å². The van der Waals surface area contributed by atoms with Crippen molar-refractivity contribution in [2.45, 2.75) is 38.1 Å². The maximum atomic E-state index is 3.59. The normalized spacial score (nSPS) is 23.8. The highest BCUT2D eigenvalue weighted by molar-refractivity contribution is 9.10. The zero-order valence-electron chi connectivity index (χ0n) is 11.7. The Morgan fingerprint density at radius 1 is 1.25 bits per heavy atom. The SMILES string of the molecule is Brc1ccc2[nH]cc(CC3CCCN3CC3CC3)c2c1. The minimum Gasteiger partial charge on any atom is -0.361 e. The first-order valence-electron chi connectivity index (χ1n) is 7.79. The Kier molecular flexibility index (Phi) is 3.35. The van der Waals surface area contributed by atoms with Crippen molar-refractivity contribution in [3.8, 4) is 0 Å². The van der Waals surface area contributed by atoms with Crippen molar-refractivity contribution in [3.63, 3.8) is 0 Å². The molecule has 4 rings (SSSR count). The summed E-state index contributed by atoms with van der Waals surface area (Å²) >= 11 is 3.59. The molecule has 1 N–H and O–H groups in total. The number of H-pyrrole nitrogens is 1. The summed E-state index contributed by atoms with van der Waals surface area (Å²) in [4.78, 5) is 6.16. The van der Waals surface area contributed by atoms with Crippen LogP contribution in [0.1, 0.15) is 31.2 Å². The highest BCUT2D eigenvalue weighted by atomic mass is 79.9. The number of nitrogens with zero attached hydrogens (tertiary/aromatic N) is 1. The zero-order chi connectivity index (χ0) is 13.5. The molecule has 1 saturated heterocycles. The second-order valence-electron chi connectivity index (χ2n) is 6.44. The van der Waals surface area contributed by atoms with Gasteiger partial charge < -0.3 is 4.98 Å². The van der Waals surface area contributed by atoms with E-state index in [0.29, 0.717) is 0 Å². The van der Waals surface area contributed by atoms with E-state index < -0.39 is 0 Å². The van der Waals surface area contributed by atoms with E-state index in [1.165, 1.54) is 66.1 Å². The number of likely N-dealkylation sites (tertiary alicyclic amines) is 1. The van der Waals surface area contributed by atoms with Gasteiger partial charge in [-0.2, -0.15) is 0 Å². The fraction of sp³-hybridized carbons (Fsp3) is 0.529. The fourth-order valence-corrected chi connectivity index (χ4v) is 3.93. The van der Waals surface area contributed by atoms with E-state index in [0.717, 1.165) is 12.0 Å². The molecule has 2 nitrogen and oxygen atoms in total. The topological polar surface area (TPSA) is 19.0 Å². The second kappa shape index (κ2) is 5.19. The molecule has 2 aromatic rings. The summed E-state index contributed by atoms with van der Waals surface area (Å²) < 4.78 is 1.17. The first kappa shape index (κ1) is 12.9. The van der Waals surface area contributed by atoms with Crippen LogP contribution in [0.3, 0.4) is 0 Å². The first-order valence-corrected chi connectivity index (χ1v) is 8.58. The Labute approximate surface area is 128 Å². The number of rotatable bonds is 4. The van der Waals surface area contributed by atoms with Crippen LogP contribution in [0.25, 0.3) is 10.9 Å². The van der Waals surface area contributed by atoms with Crippen LogP contribution in [0.2, 0.25) is 0 Å². The molecule has 1 unspecified atom stereocenters. The fourth-order valence-electron chi connectivity index (χ4n) is 3.57. The van der Waals surface area contributed by atoms with Gasteiger partial charge in [-0.15, -0.1) is 0 Å². The summed E-state index contributed by atoms with van der Waals surface area (Å²) in [5.41, 5.74) is 2.74. The molecule has 1 atom stereocenters. The minimum atomic E-state index is 0.758. The van der Waals surface area contributed by atoms with Gasteiger partial charge in [0, 0.05) is 34.2 Å². The van der Waals surface area contributed by atoms with Crippen molar-refractivity contribution < 1.29 is 0 Å². The largest absolute Gasteiger partial charge is 0.361 e. The summed E-state index contributed by atoms with van der Waals surface area (Å²) in [6.07, 6.45) is 9.08. The molecule has 0 radical (unpaired) electrons. The Hall–Kier alpha value is -0.800. The molecule has 2 fully saturated rings. The number of nitrogens with one attached hydrogen (secondary N) is 1. The third-order valence-electron chi connectivity index (χ3n) is 4.87. The van der Waals surface area contributed by atoms with Crippen molar-refractivity contribution in [1.82, 2.24) is 9.88 Å². The van der Waals surface area contributed by atoms with Gasteiger partial charge in [0.05, 0.1) is 0 Å². The molecule has 0 spiro atoms. The highest BCUT2D eigenvalue weighted by Crippen LogP contribution is 2.33. The lowest BCUT2D eigenvalue weighted by atomic mass is 10.0. The maximum Gasteiger partial charge on any atom is 0.0457 e. The molecule has 1 aliphatic heterocycles. The van der Waals surface area contributed by atoms with Crippen LogP contribution in [0.5, 0.6) is 0 Å². The van der Waals surface area contributed by atoms with Crippen LogP contribution in [0, 0.1) is 5.92 Å². The van der Waals surface area contributed by atoms with Gasteiger partial charge in [0.15, 0.2) is 0 Å². The van der Waals surface area contributed by atoms with Crippen molar-refractivity contribution >= 4 is 26.8 Å². The molecule has 3 heteroatoms. The predicted octanol–water partition coefficient (Wildman–Crippen LogP) is 4.35. The van der Waals surface area contributed by atoms with Crippen LogP contribution in [0.15, 0.2) is 28.9 Å². The van der Waals surface area contributed by atoms with Crippen LogP contribution >= 0.6 is 15.9 Å². The first-order chi connectivity index (χ1) is 9.79. The number of halogens is 1. The predicted molar refractivity (Wildman–Crippen MR) is 87.0 cm³/mol. The molecule has 20 heavy (non-hydrogen) atoms. The summed E-state index contributed by atoms with van der Waals surface area (Å²) in [6, 6.07) is 7.28. The van der Waals surface area contributed by atoms with Gasteiger partial charge in [-0.3, -0.25) is 4.90 Å². The third-order valence-corrected chi connectivity index (χ3v) is 5.37. The number of hydrogen-bond acceptors (Lipinski definition) is 1. The van der Waals surface area contributed by atoms with Crippen LogP contribution < -0.4 is 0 Å². The van der Waals surface area contributed by atoms with Gasteiger partial charge in [-0.25, -0.2) is 0 Å². The van der Waals surface area contributed by atoms with Crippen LogP contribution in [0.4, 0.5) is 0 Å². The molecule has 0 bridgehead atoms. The van der Waals surface area contributed by atoms with E-state index in [1.54, 1.807) is 0 Å². The number of hydrogen-bond donors (Lipinski definition) is 1. The van der Waals surface area contributed by atoms with Gasteiger partial charge >= 0.3 is 0 Å². The highest BCUT2D eigenvalue weighted by Gasteiger charge is 2.31. The molecule has 1 aromatic heterocycles. The van der Waals surface area contributed by atoms with E-state index in [-0.39, 0.29) is 0 Å². The van der Waals surface area contributed by atoms with E-state index >= 15 is 0 Å². The number of benzene rings is 1. The Balaban J connectivity index is 1.55. The monoisotopic (exact) mass is 332 g/mol. The maximum absolute atomic E-state index is 3.59. The summed E-state index contributed by atoms with van der Waals surface area (Å²) in [5, 5.41) is 1.39. The average molecular weight is 333 g/mol. The van der Waals surface area contributed by atoms with Crippen molar-refractivity contribution in [1.29, 1.82) is 0 Å². The lowest BCUT2D eigenvalue weighted by Gasteiger charge is -2.24. The van der Waals surface area contributed by atoms with Crippen LogP contribution in [-0.2, 0) is 6.42 Å². The van der Waals surface area contributed by atoms with Crippen molar-refractivity contribution in [3.05, 3.63) is 34.4 Å². The third kappa shape index (κ3) is 2.53. The molecular formula is C17H21BrN2. The summed E-state index contributed by atoms with van der Waals surface area (Å²) in [7, 11) is 0. The van der Waals surface area contributed by atoms with Gasteiger partial charge in [0.1, 0.15) is 0 Å². The Bertz CT molecular complexity index is 614. The van der Waals surface area contributed by atoms with Gasteiger partial charge in [0.2, 0.25) is 0 Å². The van der Waals surface area contributed by atoms with Crippen molar-refractivity contribution in [2.24, 2.45) is 5.92 Å². The smallest absolute Gasteiger partial charge is 0.0457 e.